The van der Waals surface area contributed by atoms with Crippen molar-refractivity contribution >= 4 is 24.1 Å². The van der Waals surface area contributed by atoms with E-state index in [0.29, 0.717) is 12.8 Å². The van der Waals surface area contributed by atoms with E-state index in [1.165, 1.54) is 12.1 Å². The molecule has 17 heavy (non-hydrogen) atoms. The Hall–Kier alpha value is -1.66. The lowest BCUT2D eigenvalue weighted by atomic mass is 10.1. The van der Waals surface area contributed by atoms with Gasteiger partial charge in [-0.1, -0.05) is 12.1 Å². The second-order valence-electron chi connectivity index (χ2n) is 3.41. The Bertz CT molecular complexity index is 394. The molecule has 0 aromatic heterocycles. The van der Waals surface area contributed by atoms with Crippen LogP contribution in [0, 0.1) is 10.1 Å². The smallest absolute Gasteiger partial charge is 0.320 e. The first-order valence-corrected chi connectivity index (χ1v) is 4.72. The van der Waals surface area contributed by atoms with Crippen LogP contribution in [0.1, 0.15) is 12.0 Å². The van der Waals surface area contributed by atoms with Gasteiger partial charge in [-0.15, -0.1) is 12.4 Å². The third-order valence-electron chi connectivity index (χ3n) is 2.21. The maximum absolute atomic E-state index is 10.4. The van der Waals surface area contributed by atoms with Crippen LogP contribution in [0.15, 0.2) is 24.3 Å². The molecule has 7 heteroatoms. The third-order valence-corrected chi connectivity index (χ3v) is 2.21. The van der Waals surface area contributed by atoms with Gasteiger partial charge < -0.3 is 10.8 Å². The van der Waals surface area contributed by atoms with E-state index in [1.54, 1.807) is 12.1 Å². The lowest BCUT2D eigenvalue weighted by Crippen LogP contribution is -2.30. The van der Waals surface area contributed by atoms with Crippen molar-refractivity contribution in [2.75, 3.05) is 0 Å². The van der Waals surface area contributed by atoms with Gasteiger partial charge in [-0.2, -0.15) is 0 Å². The van der Waals surface area contributed by atoms with Crippen LogP contribution in [0.3, 0.4) is 0 Å². The van der Waals surface area contributed by atoms with E-state index in [2.05, 4.69) is 0 Å². The average Bonchev–Trinajstić information content (AvgIpc) is 2.26. The van der Waals surface area contributed by atoms with E-state index >= 15 is 0 Å². The monoisotopic (exact) mass is 260 g/mol. The quantitative estimate of drug-likeness (QED) is 0.614. The van der Waals surface area contributed by atoms with Crippen molar-refractivity contribution in [3.05, 3.63) is 39.9 Å². The lowest BCUT2D eigenvalue weighted by Gasteiger charge is -2.05. The molecule has 0 saturated carbocycles. The van der Waals surface area contributed by atoms with E-state index in [1.807, 2.05) is 0 Å². The highest BCUT2D eigenvalue weighted by atomic mass is 35.5. The van der Waals surface area contributed by atoms with Crippen molar-refractivity contribution in [3.8, 4) is 0 Å². The first kappa shape index (κ1) is 15.3. The van der Waals surface area contributed by atoms with Crippen molar-refractivity contribution in [1.82, 2.24) is 0 Å². The molecule has 3 N–H and O–H groups in total. The molecule has 94 valence electrons. The number of carbonyl (C=O) groups is 1. The molecule has 0 spiro atoms. The molecule has 0 bridgehead atoms. The van der Waals surface area contributed by atoms with Gasteiger partial charge in [-0.25, -0.2) is 0 Å². The first-order valence-electron chi connectivity index (χ1n) is 4.72. The summed E-state index contributed by atoms with van der Waals surface area (Å²) in [4.78, 5) is 20.3. The van der Waals surface area contributed by atoms with Crippen molar-refractivity contribution in [2.45, 2.75) is 18.9 Å². The van der Waals surface area contributed by atoms with Gasteiger partial charge >= 0.3 is 5.97 Å². The fourth-order valence-electron chi connectivity index (χ4n) is 1.23. The highest BCUT2D eigenvalue weighted by molar-refractivity contribution is 5.85. The van der Waals surface area contributed by atoms with Crippen molar-refractivity contribution in [1.29, 1.82) is 0 Å². The number of aliphatic carboxylic acids is 1. The summed E-state index contributed by atoms with van der Waals surface area (Å²) in [5.41, 5.74) is 6.19. The molecule has 1 aromatic rings. The molecule has 0 unspecified atom stereocenters. The molecule has 0 fully saturated rings. The van der Waals surface area contributed by atoms with Crippen molar-refractivity contribution in [3.63, 3.8) is 0 Å². The second kappa shape index (κ2) is 6.82. The van der Waals surface area contributed by atoms with Crippen molar-refractivity contribution < 1.29 is 14.8 Å². The number of nitro groups is 1. The predicted octanol–water partition coefficient (Wildman–Crippen LogP) is 1.36. The first-order chi connectivity index (χ1) is 7.50. The summed E-state index contributed by atoms with van der Waals surface area (Å²) in [7, 11) is 0. The van der Waals surface area contributed by atoms with Gasteiger partial charge in [0.25, 0.3) is 5.69 Å². The van der Waals surface area contributed by atoms with E-state index in [9.17, 15) is 14.9 Å². The summed E-state index contributed by atoms with van der Waals surface area (Å²) in [6.45, 7) is 0. The van der Waals surface area contributed by atoms with Gasteiger partial charge in [0.1, 0.15) is 6.04 Å². The molecule has 0 aliphatic carbocycles. The molecule has 0 aliphatic rings. The molecule has 0 saturated heterocycles. The van der Waals surface area contributed by atoms with E-state index < -0.39 is 16.9 Å². The van der Waals surface area contributed by atoms with Gasteiger partial charge in [-0.05, 0) is 18.4 Å². The minimum absolute atomic E-state index is 0. The number of carboxylic acids is 1. The molecule has 1 rings (SSSR count). The van der Waals surface area contributed by atoms with E-state index in [4.69, 9.17) is 10.8 Å². The third kappa shape index (κ3) is 4.80. The van der Waals surface area contributed by atoms with Crippen molar-refractivity contribution in [2.24, 2.45) is 5.73 Å². The van der Waals surface area contributed by atoms with Crippen LogP contribution >= 0.6 is 12.4 Å². The van der Waals surface area contributed by atoms with E-state index in [0.717, 1.165) is 5.56 Å². The topological polar surface area (TPSA) is 106 Å². The zero-order valence-electron chi connectivity index (χ0n) is 8.91. The van der Waals surface area contributed by atoms with Crippen LogP contribution in [0.5, 0.6) is 0 Å². The van der Waals surface area contributed by atoms with Crippen LogP contribution in [0.2, 0.25) is 0 Å². The Morgan fingerprint density at radius 2 is 1.94 bits per heavy atom. The van der Waals surface area contributed by atoms with E-state index in [-0.39, 0.29) is 18.1 Å². The summed E-state index contributed by atoms with van der Waals surface area (Å²) in [6.07, 6.45) is 0.804. The molecule has 1 atom stereocenters. The second-order valence-corrected chi connectivity index (χ2v) is 3.41. The number of nitro benzene ring substituents is 1. The highest BCUT2D eigenvalue weighted by Crippen LogP contribution is 2.13. The maximum atomic E-state index is 10.4. The van der Waals surface area contributed by atoms with Gasteiger partial charge in [0.15, 0.2) is 0 Å². The Morgan fingerprint density at radius 1 is 1.41 bits per heavy atom. The van der Waals surface area contributed by atoms with Crippen LogP contribution in [0.4, 0.5) is 5.69 Å². The highest BCUT2D eigenvalue weighted by Gasteiger charge is 2.11. The Kier molecular flexibility index (Phi) is 6.16. The number of rotatable bonds is 5. The fourth-order valence-corrected chi connectivity index (χ4v) is 1.23. The van der Waals surface area contributed by atoms with Crippen LogP contribution in [-0.2, 0) is 11.2 Å². The number of nitrogens with two attached hydrogens (primary N) is 1. The molecule has 0 amide bonds. The van der Waals surface area contributed by atoms with Gasteiger partial charge in [-0.3, -0.25) is 14.9 Å². The summed E-state index contributed by atoms with van der Waals surface area (Å²) in [5, 5.41) is 18.9. The summed E-state index contributed by atoms with van der Waals surface area (Å²) in [6, 6.07) is 5.10. The molecule has 1 aromatic carbocycles. The molecule has 0 heterocycles. The minimum atomic E-state index is -1.04. The number of carboxylic acid groups (broad SMARTS) is 1. The van der Waals surface area contributed by atoms with Gasteiger partial charge in [0, 0.05) is 12.1 Å². The van der Waals surface area contributed by atoms with Gasteiger partial charge in [0.2, 0.25) is 0 Å². The number of benzene rings is 1. The average molecular weight is 261 g/mol. The number of aryl methyl sites for hydroxylation is 1. The number of hydrogen-bond acceptors (Lipinski definition) is 4. The fraction of sp³-hybridized carbons (Fsp3) is 0.300. The number of nitrogens with zero attached hydrogens (tertiary/aromatic N) is 1. The Labute approximate surface area is 104 Å². The SMILES string of the molecule is Cl.N[C@@H](CCc1ccc([N+](=O)[O-])cc1)C(=O)O. The molecule has 6 nitrogen and oxygen atoms in total. The lowest BCUT2D eigenvalue weighted by molar-refractivity contribution is -0.384. The molecular formula is C10H13ClN2O4. The normalized spacial score (nSPS) is 11.4. The standard InChI is InChI=1S/C10H12N2O4.ClH/c11-9(10(13)14)6-3-7-1-4-8(5-2-7)12(15)16;/h1-2,4-5,9H,3,6,11H2,(H,13,14);1H/t9-;/m0./s1. The number of hydrogen-bond donors (Lipinski definition) is 2. The zero-order chi connectivity index (χ0) is 12.1. The number of non-ortho nitro benzene ring substituents is 1. The zero-order valence-corrected chi connectivity index (χ0v) is 9.72. The summed E-state index contributed by atoms with van der Waals surface area (Å²) in [5.74, 6) is -1.04. The molecule has 0 aliphatic heterocycles. The number of halogens is 1. The minimum Gasteiger partial charge on any atom is -0.480 e. The summed E-state index contributed by atoms with van der Waals surface area (Å²) < 4.78 is 0. The maximum Gasteiger partial charge on any atom is 0.320 e. The predicted molar refractivity (Wildman–Crippen MR) is 64.3 cm³/mol. The van der Waals surface area contributed by atoms with Crippen LogP contribution < -0.4 is 5.73 Å². The van der Waals surface area contributed by atoms with Crippen LogP contribution in [-0.4, -0.2) is 22.0 Å². The van der Waals surface area contributed by atoms with Crippen LogP contribution in [0.25, 0.3) is 0 Å². The Balaban J connectivity index is 0.00000256. The summed E-state index contributed by atoms with van der Waals surface area (Å²) >= 11 is 0. The molecule has 0 radical (unpaired) electrons. The molecular weight excluding hydrogens is 248 g/mol. The van der Waals surface area contributed by atoms with Gasteiger partial charge in [0.05, 0.1) is 4.92 Å². The largest absolute Gasteiger partial charge is 0.480 e. The Morgan fingerprint density at radius 3 is 2.35 bits per heavy atom.